The molecule has 0 bridgehead atoms. The molecule has 0 saturated heterocycles. The number of hydrogen-bond donors (Lipinski definition) is 0. The minimum Gasteiger partial charge on any atom is -0.339 e. The third-order valence-electron chi connectivity index (χ3n) is 3.79. The first kappa shape index (κ1) is 17.3. The quantitative estimate of drug-likeness (QED) is 0.669. The van der Waals surface area contributed by atoms with Gasteiger partial charge < -0.3 is 4.90 Å². The Morgan fingerprint density at radius 2 is 2.16 bits per heavy atom. The van der Waals surface area contributed by atoms with Gasteiger partial charge in [-0.05, 0) is 36.1 Å². The van der Waals surface area contributed by atoms with E-state index in [4.69, 9.17) is 0 Å². The molecular formula is C18H19FN4OS. The van der Waals surface area contributed by atoms with Crippen molar-refractivity contribution in [1.29, 1.82) is 0 Å². The molecule has 0 spiro atoms. The van der Waals surface area contributed by atoms with Gasteiger partial charge >= 0.3 is 0 Å². The molecule has 25 heavy (non-hydrogen) atoms. The van der Waals surface area contributed by atoms with E-state index in [1.165, 1.54) is 28.2 Å². The van der Waals surface area contributed by atoms with Crippen LogP contribution in [0.15, 0.2) is 41.8 Å². The molecule has 0 aliphatic heterocycles. The summed E-state index contributed by atoms with van der Waals surface area (Å²) in [5.41, 5.74) is 0.533. The van der Waals surface area contributed by atoms with Gasteiger partial charge in [0.2, 0.25) is 5.82 Å². The van der Waals surface area contributed by atoms with Crippen LogP contribution in [0.4, 0.5) is 4.39 Å². The fourth-order valence-electron chi connectivity index (χ4n) is 2.42. The van der Waals surface area contributed by atoms with E-state index in [0.29, 0.717) is 18.1 Å². The largest absolute Gasteiger partial charge is 0.339 e. The Morgan fingerprint density at radius 1 is 1.32 bits per heavy atom. The predicted octanol–water partition coefficient (Wildman–Crippen LogP) is 4.01. The average Bonchev–Trinajstić information content (AvgIpc) is 3.28. The van der Waals surface area contributed by atoms with Gasteiger partial charge in [-0.2, -0.15) is 0 Å². The van der Waals surface area contributed by atoms with E-state index >= 15 is 0 Å². The first-order valence-corrected chi connectivity index (χ1v) is 9.00. The van der Waals surface area contributed by atoms with E-state index in [2.05, 4.69) is 17.0 Å². The molecule has 1 aromatic carbocycles. The van der Waals surface area contributed by atoms with Gasteiger partial charge in [0.25, 0.3) is 5.91 Å². The topological polar surface area (TPSA) is 51.0 Å². The van der Waals surface area contributed by atoms with Gasteiger partial charge in [-0.3, -0.25) is 4.79 Å². The van der Waals surface area contributed by atoms with Crippen LogP contribution in [0.25, 0.3) is 16.4 Å². The fraction of sp³-hybridized carbons (Fsp3) is 0.278. The number of aromatic nitrogens is 3. The highest BCUT2D eigenvalue weighted by atomic mass is 32.1. The minimum atomic E-state index is -0.363. The van der Waals surface area contributed by atoms with Crippen LogP contribution in [0, 0.1) is 5.82 Å². The first-order valence-electron chi connectivity index (χ1n) is 8.12. The number of halogens is 1. The van der Waals surface area contributed by atoms with E-state index in [9.17, 15) is 9.18 Å². The smallest absolute Gasteiger partial charge is 0.293 e. The van der Waals surface area contributed by atoms with E-state index in [-0.39, 0.29) is 17.5 Å². The van der Waals surface area contributed by atoms with Crippen molar-refractivity contribution in [2.75, 3.05) is 13.6 Å². The van der Waals surface area contributed by atoms with Crippen LogP contribution >= 0.6 is 11.3 Å². The lowest BCUT2D eigenvalue weighted by Gasteiger charge is -2.14. The molecule has 0 unspecified atom stereocenters. The van der Waals surface area contributed by atoms with Crippen molar-refractivity contribution in [3.63, 3.8) is 0 Å². The average molecular weight is 358 g/mol. The molecule has 0 N–H and O–H groups in total. The summed E-state index contributed by atoms with van der Waals surface area (Å²) in [5.74, 6) is 0.0542. The molecule has 7 heteroatoms. The van der Waals surface area contributed by atoms with E-state index in [1.54, 1.807) is 24.1 Å². The van der Waals surface area contributed by atoms with Crippen molar-refractivity contribution in [3.8, 4) is 16.4 Å². The normalized spacial score (nSPS) is 10.8. The highest BCUT2D eigenvalue weighted by molar-refractivity contribution is 7.13. The number of unbranched alkanes of at least 4 members (excludes halogenated alkanes) is 1. The Kier molecular flexibility index (Phi) is 5.23. The highest BCUT2D eigenvalue weighted by Gasteiger charge is 2.21. The third kappa shape index (κ3) is 3.76. The molecule has 0 aliphatic rings. The second-order valence-electron chi connectivity index (χ2n) is 5.71. The first-order chi connectivity index (χ1) is 12.1. The summed E-state index contributed by atoms with van der Waals surface area (Å²) in [4.78, 5) is 19.5. The standard InChI is InChI=1S/C18H19FN4OS/c1-3-4-10-22(2)18(24)16-20-17(15-9-6-11-25-15)23(21-16)14-8-5-7-13(19)12-14/h5-9,11-12H,3-4,10H2,1-2H3. The molecule has 0 aliphatic carbocycles. The van der Waals surface area contributed by atoms with Crippen LogP contribution in [-0.4, -0.2) is 39.2 Å². The van der Waals surface area contributed by atoms with Crippen LogP contribution in [0.5, 0.6) is 0 Å². The Morgan fingerprint density at radius 3 is 2.84 bits per heavy atom. The van der Waals surface area contributed by atoms with Crippen LogP contribution in [0.2, 0.25) is 0 Å². The summed E-state index contributed by atoms with van der Waals surface area (Å²) in [7, 11) is 1.74. The second kappa shape index (κ2) is 7.57. The lowest BCUT2D eigenvalue weighted by molar-refractivity contribution is 0.0781. The molecule has 2 aromatic heterocycles. The van der Waals surface area contributed by atoms with E-state index in [0.717, 1.165) is 17.7 Å². The number of carbonyl (C=O) groups is 1. The Labute approximate surface area is 149 Å². The fourth-order valence-corrected chi connectivity index (χ4v) is 3.12. The molecule has 0 atom stereocenters. The molecule has 0 radical (unpaired) electrons. The van der Waals surface area contributed by atoms with E-state index < -0.39 is 0 Å². The van der Waals surface area contributed by atoms with Crippen molar-refractivity contribution in [2.24, 2.45) is 0 Å². The van der Waals surface area contributed by atoms with Crippen LogP contribution in [0.1, 0.15) is 30.4 Å². The number of benzene rings is 1. The molecule has 2 heterocycles. The second-order valence-corrected chi connectivity index (χ2v) is 6.66. The third-order valence-corrected chi connectivity index (χ3v) is 4.65. The van der Waals surface area contributed by atoms with Gasteiger partial charge in [-0.15, -0.1) is 16.4 Å². The Hall–Kier alpha value is -2.54. The summed E-state index contributed by atoms with van der Waals surface area (Å²) in [6, 6.07) is 9.90. The van der Waals surface area contributed by atoms with Gasteiger partial charge in [0.05, 0.1) is 10.6 Å². The number of amides is 1. The summed E-state index contributed by atoms with van der Waals surface area (Å²) in [6.07, 6.45) is 1.92. The van der Waals surface area contributed by atoms with Gasteiger partial charge in [-0.1, -0.05) is 25.5 Å². The maximum Gasteiger partial charge on any atom is 0.293 e. The zero-order valence-corrected chi connectivity index (χ0v) is 15.0. The summed E-state index contributed by atoms with van der Waals surface area (Å²) in [5, 5.41) is 6.29. The zero-order chi connectivity index (χ0) is 17.8. The van der Waals surface area contributed by atoms with Gasteiger partial charge in [-0.25, -0.2) is 14.1 Å². The maximum atomic E-state index is 13.6. The molecule has 130 valence electrons. The number of hydrogen-bond acceptors (Lipinski definition) is 4. The van der Waals surface area contributed by atoms with Crippen molar-refractivity contribution in [2.45, 2.75) is 19.8 Å². The van der Waals surface area contributed by atoms with Crippen molar-refractivity contribution in [3.05, 3.63) is 53.4 Å². The summed E-state index contributed by atoms with van der Waals surface area (Å²) < 4.78 is 15.1. The molecular weight excluding hydrogens is 339 g/mol. The molecule has 3 aromatic rings. The molecule has 0 fully saturated rings. The Bertz CT molecular complexity index is 860. The van der Waals surface area contributed by atoms with Crippen LogP contribution in [-0.2, 0) is 0 Å². The van der Waals surface area contributed by atoms with Crippen molar-refractivity contribution in [1.82, 2.24) is 19.7 Å². The lowest BCUT2D eigenvalue weighted by atomic mass is 10.3. The molecule has 3 rings (SSSR count). The van der Waals surface area contributed by atoms with Crippen molar-refractivity contribution < 1.29 is 9.18 Å². The zero-order valence-electron chi connectivity index (χ0n) is 14.1. The van der Waals surface area contributed by atoms with E-state index in [1.807, 2.05) is 17.5 Å². The number of thiophene rings is 1. The highest BCUT2D eigenvalue weighted by Crippen LogP contribution is 2.26. The SMILES string of the molecule is CCCCN(C)C(=O)c1nc(-c2cccs2)n(-c2cccc(F)c2)n1. The summed E-state index contributed by atoms with van der Waals surface area (Å²) >= 11 is 1.49. The number of rotatable bonds is 6. The monoisotopic (exact) mass is 358 g/mol. The van der Waals surface area contributed by atoms with Crippen LogP contribution in [0.3, 0.4) is 0 Å². The predicted molar refractivity (Wildman–Crippen MR) is 96.5 cm³/mol. The summed E-state index contributed by atoms with van der Waals surface area (Å²) in [6.45, 7) is 2.72. The molecule has 5 nitrogen and oxygen atoms in total. The van der Waals surface area contributed by atoms with Crippen molar-refractivity contribution >= 4 is 17.2 Å². The van der Waals surface area contributed by atoms with Gasteiger partial charge in [0.1, 0.15) is 5.82 Å². The number of nitrogens with zero attached hydrogens (tertiary/aromatic N) is 4. The minimum absolute atomic E-state index is 0.117. The van der Waals surface area contributed by atoms with Crippen LogP contribution < -0.4 is 0 Å². The van der Waals surface area contributed by atoms with Gasteiger partial charge in [0, 0.05) is 13.6 Å². The molecule has 1 amide bonds. The lowest BCUT2D eigenvalue weighted by Crippen LogP contribution is -2.28. The van der Waals surface area contributed by atoms with Gasteiger partial charge in [0.15, 0.2) is 5.82 Å². The number of carbonyl (C=O) groups excluding carboxylic acids is 1. The maximum absolute atomic E-state index is 13.6. The molecule has 0 saturated carbocycles. The Balaban J connectivity index is 2.02.